The maximum Gasteiger partial charge on any atom is 0.269 e. The summed E-state index contributed by atoms with van der Waals surface area (Å²) in [7, 11) is 0. The quantitative estimate of drug-likeness (QED) is 0.660. The van der Waals surface area contributed by atoms with Crippen LogP contribution in [0.15, 0.2) is 24.3 Å². The summed E-state index contributed by atoms with van der Waals surface area (Å²) >= 11 is 0. The second kappa shape index (κ2) is 8.84. The van der Waals surface area contributed by atoms with Crippen LogP contribution in [-0.4, -0.2) is 34.9 Å². The standard InChI is InChI=1S/C16H23N3O3.ClH/c1-12(2)18(16(20)14-4-3-9-17-10-14)11-13-5-7-15(8-6-13)19(21)22;/h5-8,12,14,17H,3-4,9-11H2,1-2H3;1H. The molecule has 0 aliphatic carbocycles. The predicted molar refractivity (Wildman–Crippen MR) is 91.6 cm³/mol. The van der Waals surface area contributed by atoms with Crippen molar-refractivity contribution in [2.75, 3.05) is 13.1 Å². The van der Waals surface area contributed by atoms with Crippen LogP contribution in [0.2, 0.25) is 0 Å². The van der Waals surface area contributed by atoms with Crippen molar-refractivity contribution in [3.63, 3.8) is 0 Å². The third-order valence-electron chi connectivity index (χ3n) is 4.05. The van der Waals surface area contributed by atoms with Gasteiger partial charge in [0.15, 0.2) is 0 Å². The Morgan fingerprint density at radius 2 is 2.04 bits per heavy atom. The Kier molecular flexibility index (Phi) is 7.45. The van der Waals surface area contributed by atoms with Crippen LogP contribution in [-0.2, 0) is 11.3 Å². The predicted octanol–water partition coefficient (Wildman–Crippen LogP) is 2.75. The van der Waals surface area contributed by atoms with Crippen molar-refractivity contribution in [2.24, 2.45) is 5.92 Å². The van der Waals surface area contributed by atoms with Crippen LogP contribution in [0.3, 0.4) is 0 Å². The van der Waals surface area contributed by atoms with Crippen molar-refractivity contribution in [1.29, 1.82) is 0 Å². The Balaban J connectivity index is 0.00000264. The molecule has 0 aromatic heterocycles. The minimum atomic E-state index is -0.414. The number of hydrogen-bond acceptors (Lipinski definition) is 4. The van der Waals surface area contributed by atoms with E-state index in [0.717, 1.165) is 31.5 Å². The normalized spacial score (nSPS) is 17.4. The fourth-order valence-corrected chi connectivity index (χ4v) is 2.73. The van der Waals surface area contributed by atoms with Gasteiger partial charge in [-0.05, 0) is 38.8 Å². The van der Waals surface area contributed by atoms with E-state index in [4.69, 9.17) is 0 Å². The van der Waals surface area contributed by atoms with Gasteiger partial charge in [0.1, 0.15) is 0 Å². The topological polar surface area (TPSA) is 75.5 Å². The molecule has 0 saturated carbocycles. The second-order valence-electron chi connectivity index (χ2n) is 6.03. The van der Waals surface area contributed by atoms with Crippen molar-refractivity contribution >= 4 is 24.0 Å². The molecule has 1 amide bonds. The number of benzene rings is 1. The van der Waals surface area contributed by atoms with Gasteiger partial charge in [-0.15, -0.1) is 12.4 Å². The number of non-ortho nitro benzene ring substituents is 1. The minimum Gasteiger partial charge on any atom is -0.336 e. The molecule has 1 N–H and O–H groups in total. The van der Waals surface area contributed by atoms with Crippen molar-refractivity contribution in [1.82, 2.24) is 10.2 Å². The number of hydrogen-bond donors (Lipinski definition) is 1. The molecule has 23 heavy (non-hydrogen) atoms. The minimum absolute atomic E-state index is 0. The third kappa shape index (κ3) is 5.18. The average molecular weight is 342 g/mol. The smallest absolute Gasteiger partial charge is 0.269 e. The Morgan fingerprint density at radius 3 is 2.52 bits per heavy atom. The molecule has 1 aromatic rings. The van der Waals surface area contributed by atoms with Gasteiger partial charge in [-0.2, -0.15) is 0 Å². The summed E-state index contributed by atoms with van der Waals surface area (Å²) in [5.74, 6) is 0.203. The summed E-state index contributed by atoms with van der Waals surface area (Å²) in [5.41, 5.74) is 0.985. The van der Waals surface area contributed by atoms with E-state index in [2.05, 4.69) is 5.32 Å². The molecular formula is C16H24ClN3O3. The van der Waals surface area contributed by atoms with E-state index < -0.39 is 4.92 Å². The van der Waals surface area contributed by atoms with Gasteiger partial charge in [-0.1, -0.05) is 12.1 Å². The number of halogens is 1. The maximum absolute atomic E-state index is 12.7. The van der Waals surface area contributed by atoms with E-state index in [9.17, 15) is 14.9 Å². The number of carbonyl (C=O) groups excluding carboxylic acids is 1. The molecule has 1 heterocycles. The molecule has 2 rings (SSSR count). The van der Waals surface area contributed by atoms with Crippen molar-refractivity contribution < 1.29 is 9.72 Å². The van der Waals surface area contributed by atoms with Crippen LogP contribution in [0.25, 0.3) is 0 Å². The number of nitro groups is 1. The van der Waals surface area contributed by atoms with Gasteiger partial charge in [0, 0.05) is 31.3 Å². The van der Waals surface area contributed by atoms with Crippen molar-refractivity contribution in [2.45, 2.75) is 39.3 Å². The third-order valence-corrected chi connectivity index (χ3v) is 4.05. The van der Waals surface area contributed by atoms with E-state index in [1.807, 2.05) is 18.7 Å². The number of nitrogens with one attached hydrogen (secondary N) is 1. The zero-order chi connectivity index (χ0) is 16.1. The van der Waals surface area contributed by atoms with E-state index in [0.29, 0.717) is 6.54 Å². The van der Waals surface area contributed by atoms with E-state index in [-0.39, 0.29) is 36.0 Å². The first-order valence-corrected chi connectivity index (χ1v) is 7.73. The molecule has 1 atom stereocenters. The highest BCUT2D eigenvalue weighted by Gasteiger charge is 2.27. The molecule has 6 nitrogen and oxygen atoms in total. The first-order chi connectivity index (χ1) is 10.5. The van der Waals surface area contributed by atoms with Gasteiger partial charge >= 0.3 is 0 Å². The highest BCUT2D eigenvalue weighted by atomic mass is 35.5. The Morgan fingerprint density at radius 1 is 1.39 bits per heavy atom. The fraction of sp³-hybridized carbons (Fsp3) is 0.562. The summed E-state index contributed by atoms with van der Waals surface area (Å²) < 4.78 is 0. The fourth-order valence-electron chi connectivity index (χ4n) is 2.73. The number of amides is 1. The highest BCUT2D eigenvalue weighted by molar-refractivity contribution is 5.85. The van der Waals surface area contributed by atoms with Crippen LogP contribution >= 0.6 is 12.4 Å². The summed E-state index contributed by atoms with van der Waals surface area (Å²) in [6, 6.07) is 6.52. The van der Waals surface area contributed by atoms with Gasteiger partial charge in [0.05, 0.1) is 10.8 Å². The molecular weight excluding hydrogens is 318 g/mol. The van der Waals surface area contributed by atoms with Crippen LogP contribution in [0.5, 0.6) is 0 Å². The molecule has 1 fully saturated rings. The molecule has 128 valence electrons. The maximum atomic E-state index is 12.7. The summed E-state index contributed by atoms with van der Waals surface area (Å²) in [4.78, 5) is 24.8. The van der Waals surface area contributed by atoms with Crippen LogP contribution < -0.4 is 5.32 Å². The first kappa shape index (κ1) is 19.4. The largest absolute Gasteiger partial charge is 0.336 e. The van der Waals surface area contributed by atoms with Gasteiger partial charge < -0.3 is 10.2 Å². The average Bonchev–Trinajstić information content (AvgIpc) is 2.53. The molecule has 1 aliphatic heterocycles. The lowest BCUT2D eigenvalue weighted by atomic mass is 9.97. The van der Waals surface area contributed by atoms with E-state index in [1.165, 1.54) is 12.1 Å². The van der Waals surface area contributed by atoms with Crippen LogP contribution in [0, 0.1) is 16.0 Å². The van der Waals surface area contributed by atoms with Crippen LogP contribution in [0.4, 0.5) is 5.69 Å². The highest BCUT2D eigenvalue weighted by Crippen LogP contribution is 2.19. The summed E-state index contributed by atoms with van der Waals surface area (Å²) in [6.07, 6.45) is 1.95. The molecule has 1 unspecified atom stereocenters. The van der Waals surface area contributed by atoms with E-state index >= 15 is 0 Å². The molecule has 7 heteroatoms. The van der Waals surface area contributed by atoms with Gasteiger partial charge in [0.2, 0.25) is 5.91 Å². The number of rotatable bonds is 5. The SMILES string of the molecule is CC(C)N(Cc1ccc([N+](=O)[O-])cc1)C(=O)C1CCCNC1.Cl. The Bertz CT molecular complexity index is 528. The van der Waals surface area contributed by atoms with Gasteiger partial charge in [-0.3, -0.25) is 14.9 Å². The number of nitro benzene ring substituents is 1. The van der Waals surface area contributed by atoms with Crippen LogP contribution in [0.1, 0.15) is 32.3 Å². The number of piperidine rings is 1. The Hall–Kier alpha value is -1.66. The first-order valence-electron chi connectivity index (χ1n) is 7.73. The zero-order valence-corrected chi connectivity index (χ0v) is 14.3. The molecule has 1 aromatic carbocycles. The van der Waals surface area contributed by atoms with Crippen molar-refractivity contribution in [3.05, 3.63) is 39.9 Å². The van der Waals surface area contributed by atoms with Gasteiger partial charge in [0.25, 0.3) is 5.69 Å². The monoisotopic (exact) mass is 341 g/mol. The lowest BCUT2D eigenvalue weighted by Crippen LogP contribution is -2.45. The Labute approximate surface area is 142 Å². The number of carbonyl (C=O) groups is 1. The zero-order valence-electron chi connectivity index (χ0n) is 13.5. The molecule has 0 radical (unpaired) electrons. The molecule has 1 aliphatic rings. The van der Waals surface area contributed by atoms with E-state index in [1.54, 1.807) is 12.1 Å². The second-order valence-corrected chi connectivity index (χ2v) is 6.03. The lowest BCUT2D eigenvalue weighted by Gasteiger charge is -2.32. The number of nitrogens with zero attached hydrogens (tertiary/aromatic N) is 2. The molecule has 0 spiro atoms. The molecule has 1 saturated heterocycles. The molecule has 0 bridgehead atoms. The summed E-state index contributed by atoms with van der Waals surface area (Å²) in [6.45, 7) is 6.21. The lowest BCUT2D eigenvalue weighted by molar-refractivity contribution is -0.384. The van der Waals surface area contributed by atoms with Crippen molar-refractivity contribution in [3.8, 4) is 0 Å². The summed E-state index contributed by atoms with van der Waals surface area (Å²) in [5, 5.41) is 14.0. The van der Waals surface area contributed by atoms with Gasteiger partial charge in [-0.25, -0.2) is 0 Å².